The lowest BCUT2D eigenvalue weighted by atomic mass is 9.91. The third kappa shape index (κ3) is 4.16. The predicted octanol–water partition coefficient (Wildman–Crippen LogP) is 4.58. The molecular formula is C26H21N5O3. The number of hydrogen-bond donors (Lipinski definition) is 2. The Balaban J connectivity index is 1.44. The van der Waals surface area contributed by atoms with Gasteiger partial charge in [-0.2, -0.15) is 10.1 Å². The fourth-order valence-electron chi connectivity index (χ4n) is 3.85. The van der Waals surface area contributed by atoms with E-state index < -0.39 is 5.97 Å². The largest absolute Gasteiger partial charge is 0.477 e. The van der Waals surface area contributed by atoms with E-state index in [2.05, 4.69) is 15.2 Å². The van der Waals surface area contributed by atoms with E-state index in [9.17, 15) is 9.90 Å². The zero-order valence-electron chi connectivity index (χ0n) is 18.1. The second-order valence-electron chi connectivity index (χ2n) is 7.82. The maximum Gasteiger partial charge on any atom is 0.341 e. The molecule has 1 atom stereocenters. The van der Waals surface area contributed by atoms with Crippen molar-refractivity contribution in [1.82, 2.24) is 19.9 Å². The molecule has 2 aromatic heterocycles. The number of aromatic nitrogens is 4. The summed E-state index contributed by atoms with van der Waals surface area (Å²) in [4.78, 5) is 15.9. The molecule has 1 unspecified atom stereocenters. The Hall–Kier alpha value is -4.72. The van der Waals surface area contributed by atoms with Crippen LogP contribution < -0.4 is 5.73 Å². The predicted molar refractivity (Wildman–Crippen MR) is 127 cm³/mol. The van der Waals surface area contributed by atoms with Crippen LogP contribution in [-0.4, -0.2) is 31.0 Å². The van der Waals surface area contributed by atoms with Crippen LogP contribution in [-0.2, 0) is 6.42 Å². The van der Waals surface area contributed by atoms with Crippen LogP contribution in [0.4, 0.5) is 5.82 Å². The van der Waals surface area contributed by atoms with Crippen LogP contribution in [0.2, 0.25) is 0 Å². The highest BCUT2D eigenvalue weighted by Gasteiger charge is 2.22. The van der Waals surface area contributed by atoms with Crippen LogP contribution in [0.25, 0.3) is 17.1 Å². The summed E-state index contributed by atoms with van der Waals surface area (Å²) in [5, 5.41) is 17.5. The van der Waals surface area contributed by atoms with Gasteiger partial charge in [-0.1, -0.05) is 78.0 Å². The number of benzene rings is 3. The third-order valence-corrected chi connectivity index (χ3v) is 5.63. The number of carboxylic acids is 1. The van der Waals surface area contributed by atoms with Crippen molar-refractivity contribution in [1.29, 1.82) is 0 Å². The van der Waals surface area contributed by atoms with Gasteiger partial charge in [0, 0.05) is 5.56 Å². The highest BCUT2D eigenvalue weighted by atomic mass is 16.5. The number of aromatic carboxylic acids is 1. The molecule has 3 aromatic carbocycles. The molecule has 34 heavy (non-hydrogen) atoms. The van der Waals surface area contributed by atoms with Gasteiger partial charge in [0.15, 0.2) is 0 Å². The number of carboxylic acid groups (broad SMARTS) is 1. The van der Waals surface area contributed by atoms with Crippen molar-refractivity contribution in [3.63, 3.8) is 0 Å². The molecule has 0 saturated carbocycles. The summed E-state index contributed by atoms with van der Waals surface area (Å²) >= 11 is 0. The summed E-state index contributed by atoms with van der Waals surface area (Å²) in [6.07, 6.45) is 1.88. The minimum atomic E-state index is -1.11. The van der Waals surface area contributed by atoms with Crippen LogP contribution >= 0.6 is 0 Å². The third-order valence-electron chi connectivity index (χ3n) is 5.63. The summed E-state index contributed by atoms with van der Waals surface area (Å²) in [5.74, 6) is -0.0700. The van der Waals surface area contributed by atoms with Crippen molar-refractivity contribution in [2.24, 2.45) is 0 Å². The number of anilines is 1. The number of rotatable bonds is 7. The van der Waals surface area contributed by atoms with Crippen molar-refractivity contribution in [2.45, 2.75) is 12.3 Å². The topological polar surface area (TPSA) is 120 Å². The van der Waals surface area contributed by atoms with Gasteiger partial charge in [0.2, 0.25) is 11.7 Å². The van der Waals surface area contributed by atoms with E-state index in [1.165, 1.54) is 10.9 Å². The molecule has 0 aliphatic rings. The average Bonchev–Trinajstić information content (AvgIpc) is 3.51. The highest BCUT2D eigenvalue weighted by Crippen LogP contribution is 2.29. The summed E-state index contributed by atoms with van der Waals surface area (Å²) in [7, 11) is 0. The minimum Gasteiger partial charge on any atom is -0.477 e. The molecule has 0 radical (unpaired) electrons. The lowest BCUT2D eigenvalue weighted by molar-refractivity contribution is 0.0698. The lowest BCUT2D eigenvalue weighted by Gasteiger charge is -2.14. The van der Waals surface area contributed by atoms with Crippen LogP contribution in [0.1, 0.15) is 33.3 Å². The molecule has 0 aliphatic heterocycles. The number of nitrogens with zero attached hydrogens (tertiary/aromatic N) is 4. The van der Waals surface area contributed by atoms with Gasteiger partial charge in [-0.25, -0.2) is 9.48 Å². The van der Waals surface area contributed by atoms with Crippen LogP contribution in [0.3, 0.4) is 0 Å². The molecule has 8 nitrogen and oxygen atoms in total. The van der Waals surface area contributed by atoms with Crippen molar-refractivity contribution < 1.29 is 14.4 Å². The standard InChI is InChI=1S/C26H21N5O3/c27-23-22(26(32)33)16-28-31(23)20-13-11-17(12-14-20)15-21(18-7-3-1-4-8-18)25-29-24(30-34-25)19-9-5-2-6-10-19/h1-14,16,21H,15,27H2,(H,32,33). The maximum absolute atomic E-state index is 11.3. The van der Waals surface area contributed by atoms with Crippen LogP contribution in [0, 0.1) is 0 Å². The average molecular weight is 451 g/mol. The van der Waals surface area contributed by atoms with Crippen LogP contribution in [0.15, 0.2) is 95.6 Å². The van der Waals surface area contributed by atoms with Gasteiger partial charge in [-0.05, 0) is 29.7 Å². The van der Waals surface area contributed by atoms with Crippen LogP contribution in [0.5, 0.6) is 0 Å². The van der Waals surface area contributed by atoms with E-state index in [0.717, 1.165) is 16.7 Å². The van der Waals surface area contributed by atoms with Gasteiger partial charge in [-0.15, -0.1) is 0 Å². The second kappa shape index (κ2) is 9.03. The maximum atomic E-state index is 11.3. The summed E-state index contributed by atoms with van der Waals surface area (Å²) in [6, 6.07) is 27.4. The smallest absolute Gasteiger partial charge is 0.341 e. The Labute approximate surface area is 195 Å². The molecule has 2 heterocycles. The fraction of sp³-hybridized carbons (Fsp3) is 0.0769. The molecule has 0 aliphatic carbocycles. The Bertz CT molecular complexity index is 1410. The molecule has 0 amide bonds. The van der Waals surface area contributed by atoms with E-state index in [4.69, 9.17) is 10.3 Å². The fourth-order valence-corrected chi connectivity index (χ4v) is 3.85. The molecule has 0 bridgehead atoms. The molecule has 3 N–H and O–H groups in total. The summed E-state index contributed by atoms with van der Waals surface area (Å²) in [6.45, 7) is 0. The zero-order valence-corrected chi connectivity index (χ0v) is 18.1. The quantitative estimate of drug-likeness (QED) is 0.372. The normalized spacial score (nSPS) is 11.9. The number of carbonyl (C=O) groups is 1. The molecule has 168 valence electrons. The molecule has 5 rings (SSSR count). The van der Waals surface area contributed by atoms with E-state index >= 15 is 0 Å². The zero-order chi connectivity index (χ0) is 23.5. The highest BCUT2D eigenvalue weighted by molar-refractivity contribution is 5.92. The second-order valence-corrected chi connectivity index (χ2v) is 7.82. The summed E-state index contributed by atoms with van der Waals surface area (Å²) in [5.41, 5.74) is 9.60. The first kappa shape index (κ1) is 21.1. The van der Waals surface area contributed by atoms with Gasteiger partial charge in [-0.3, -0.25) is 0 Å². The van der Waals surface area contributed by atoms with Gasteiger partial charge in [0.05, 0.1) is 17.8 Å². The molecule has 5 aromatic rings. The molecule has 0 fully saturated rings. The Kier molecular flexibility index (Phi) is 5.61. The Morgan fingerprint density at radius 1 is 0.971 bits per heavy atom. The molecule has 0 spiro atoms. The molecule has 8 heteroatoms. The van der Waals surface area contributed by atoms with E-state index in [1.807, 2.05) is 84.9 Å². The van der Waals surface area contributed by atoms with E-state index in [1.54, 1.807) is 0 Å². The Morgan fingerprint density at radius 2 is 1.65 bits per heavy atom. The van der Waals surface area contributed by atoms with E-state index in [-0.39, 0.29) is 17.3 Å². The minimum absolute atomic E-state index is 0.0289. The SMILES string of the molecule is Nc1c(C(=O)O)cnn1-c1ccc(CC(c2ccccc2)c2nc(-c3ccccc3)no2)cc1. The Morgan fingerprint density at radius 3 is 2.29 bits per heavy atom. The lowest BCUT2D eigenvalue weighted by Crippen LogP contribution is -2.07. The molecular weight excluding hydrogens is 430 g/mol. The number of hydrogen-bond acceptors (Lipinski definition) is 6. The van der Waals surface area contributed by atoms with Crippen molar-refractivity contribution in [2.75, 3.05) is 5.73 Å². The number of nitrogens with two attached hydrogens (primary N) is 1. The number of nitrogen functional groups attached to an aromatic ring is 1. The molecule has 0 saturated heterocycles. The first-order chi connectivity index (χ1) is 16.6. The van der Waals surface area contributed by atoms with Gasteiger partial charge < -0.3 is 15.4 Å². The van der Waals surface area contributed by atoms with Crippen molar-refractivity contribution in [3.05, 3.63) is 114 Å². The van der Waals surface area contributed by atoms with Gasteiger partial charge in [0.25, 0.3) is 0 Å². The van der Waals surface area contributed by atoms with Gasteiger partial charge >= 0.3 is 5.97 Å². The first-order valence-electron chi connectivity index (χ1n) is 10.7. The first-order valence-corrected chi connectivity index (χ1v) is 10.7. The van der Waals surface area contributed by atoms with Gasteiger partial charge in [0.1, 0.15) is 11.4 Å². The monoisotopic (exact) mass is 451 g/mol. The summed E-state index contributed by atoms with van der Waals surface area (Å²) < 4.78 is 7.10. The van der Waals surface area contributed by atoms with Crippen molar-refractivity contribution >= 4 is 11.8 Å². The van der Waals surface area contributed by atoms with E-state index in [0.29, 0.717) is 23.8 Å². The van der Waals surface area contributed by atoms with Crippen molar-refractivity contribution in [3.8, 4) is 17.1 Å².